The molecule has 4 rings (SSSR count). The summed E-state index contributed by atoms with van der Waals surface area (Å²) in [4.78, 5) is 24.9. The Morgan fingerprint density at radius 3 is 2.24 bits per heavy atom. The molecule has 9 nitrogen and oxygen atoms in total. The summed E-state index contributed by atoms with van der Waals surface area (Å²) in [6.07, 6.45) is -3.48. The first-order valence-corrected chi connectivity index (χ1v) is 9.63. The average molecular weight is 406 g/mol. The predicted octanol–water partition coefficient (Wildman–Crippen LogP) is 1.14. The van der Waals surface area contributed by atoms with Crippen LogP contribution in [0.2, 0.25) is 0 Å². The van der Waals surface area contributed by atoms with E-state index in [4.69, 9.17) is 23.7 Å². The third kappa shape index (κ3) is 4.29. The Labute approximate surface area is 169 Å². The van der Waals surface area contributed by atoms with Crippen LogP contribution in [0.1, 0.15) is 27.7 Å². The molecule has 1 aromatic carbocycles. The summed E-state index contributed by atoms with van der Waals surface area (Å²) in [5.74, 6) is -2.58. The third-order valence-corrected chi connectivity index (χ3v) is 4.89. The van der Waals surface area contributed by atoms with Gasteiger partial charge in [-0.2, -0.15) is 0 Å². The first-order chi connectivity index (χ1) is 13.6. The van der Waals surface area contributed by atoms with Gasteiger partial charge in [0, 0.05) is 5.69 Å². The van der Waals surface area contributed by atoms with Gasteiger partial charge in [0.25, 0.3) is 5.91 Å². The highest BCUT2D eigenvalue weighted by Crippen LogP contribution is 2.44. The smallest absolute Gasteiger partial charge is 0.252 e. The molecular formula is C20H26N2O7. The summed E-state index contributed by atoms with van der Waals surface area (Å²) in [6, 6.07) is 9.00. The van der Waals surface area contributed by atoms with Crippen LogP contribution in [0.3, 0.4) is 0 Å². The van der Waals surface area contributed by atoms with Gasteiger partial charge in [0.2, 0.25) is 5.91 Å². The first-order valence-electron chi connectivity index (χ1n) is 9.63. The van der Waals surface area contributed by atoms with Crippen LogP contribution in [0.15, 0.2) is 30.3 Å². The maximum Gasteiger partial charge on any atom is 0.252 e. The predicted molar refractivity (Wildman–Crippen MR) is 101 cm³/mol. The lowest BCUT2D eigenvalue weighted by molar-refractivity contribution is -0.231. The van der Waals surface area contributed by atoms with Crippen LogP contribution in [0, 0.1) is 0 Å². The zero-order valence-electron chi connectivity index (χ0n) is 16.8. The van der Waals surface area contributed by atoms with Crippen molar-refractivity contribution in [3.63, 3.8) is 0 Å². The number of rotatable bonds is 4. The highest BCUT2D eigenvalue weighted by Gasteiger charge is 2.62. The number of hydrogen-bond donors (Lipinski definition) is 2. The minimum absolute atomic E-state index is 0.202. The van der Waals surface area contributed by atoms with Crippen LogP contribution in [-0.4, -0.2) is 60.6 Å². The molecule has 0 bridgehead atoms. The molecule has 29 heavy (non-hydrogen) atoms. The zero-order valence-corrected chi connectivity index (χ0v) is 16.8. The molecule has 3 aliphatic rings. The number of fused-ring (bicyclic) bond motifs is 3. The Kier molecular flexibility index (Phi) is 5.12. The number of amides is 2. The van der Waals surface area contributed by atoms with E-state index in [2.05, 4.69) is 10.6 Å². The molecule has 0 saturated carbocycles. The normalized spacial score (nSPS) is 34.1. The minimum atomic E-state index is -0.995. The van der Waals surface area contributed by atoms with Gasteiger partial charge in [-0.3, -0.25) is 9.59 Å². The molecule has 3 aliphatic heterocycles. The standard InChI is InChI=1S/C20H26N2O7/c1-19(2)26-13-14(27-19)16-18(29-20(3,4)28-16)25-15(13)17(24)21-10-12(23)22-11-8-6-5-7-9-11/h5-9,13-16,18H,10H2,1-4H3,(H,21,24)(H,22,23)/t13-,14+,15+,16+,18-/m0/s1. The van der Waals surface area contributed by atoms with Crippen LogP contribution in [-0.2, 0) is 33.3 Å². The SMILES string of the molecule is CC1(C)O[C@@H]2O[C@@H](C(=O)NCC(=O)Nc3ccccc3)[C@H]3OC(C)(C)O[C@H]3[C@H]2O1. The highest BCUT2D eigenvalue weighted by molar-refractivity contribution is 5.95. The molecule has 0 aliphatic carbocycles. The number of ether oxygens (including phenoxy) is 5. The quantitative estimate of drug-likeness (QED) is 0.773. The maximum absolute atomic E-state index is 12.8. The molecule has 1 aromatic rings. The molecule has 9 heteroatoms. The van der Waals surface area contributed by atoms with E-state index in [9.17, 15) is 9.59 Å². The monoisotopic (exact) mass is 406 g/mol. The molecule has 5 atom stereocenters. The third-order valence-electron chi connectivity index (χ3n) is 4.89. The van der Waals surface area contributed by atoms with E-state index in [-0.39, 0.29) is 12.5 Å². The number of carbonyl (C=O) groups excluding carboxylic acids is 2. The van der Waals surface area contributed by atoms with Crippen molar-refractivity contribution in [1.29, 1.82) is 0 Å². The highest BCUT2D eigenvalue weighted by atomic mass is 16.9. The van der Waals surface area contributed by atoms with Crippen molar-refractivity contribution in [3.8, 4) is 0 Å². The summed E-state index contributed by atoms with van der Waals surface area (Å²) >= 11 is 0. The Hall–Kier alpha value is -2.04. The van der Waals surface area contributed by atoms with Gasteiger partial charge in [-0.15, -0.1) is 0 Å². The van der Waals surface area contributed by atoms with E-state index in [1.165, 1.54) is 0 Å². The number of anilines is 1. The molecule has 3 fully saturated rings. The molecule has 3 saturated heterocycles. The Balaban J connectivity index is 1.41. The van der Waals surface area contributed by atoms with Crippen molar-refractivity contribution in [2.75, 3.05) is 11.9 Å². The second-order valence-electron chi connectivity index (χ2n) is 8.22. The molecule has 0 radical (unpaired) electrons. The van der Waals surface area contributed by atoms with Crippen molar-refractivity contribution >= 4 is 17.5 Å². The number of nitrogens with one attached hydrogen (secondary N) is 2. The zero-order chi connectivity index (χ0) is 20.8. The van der Waals surface area contributed by atoms with Crippen molar-refractivity contribution in [3.05, 3.63) is 30.3 Å². The molecule has 2 N–H and O–H groups in total. The Morgan fingerprint density at radius 1 is 0.897 bits per heavy atom. The lowest BCUT2D eigenvalue weighted by atomic mass is 9.98. The fourth-order valence-electron chi connectivity index (χ4n) is 3.82. The van der Waals surface area contributed by atoms with Crippen molar-refractivity contribution < 1.29 is 33.3 Å². The van der Waals surface area contributed by atoms with Crippen LogP contribution >= 0.6 is 0 Å². The second-order valence-corrected chi connectivity index (χ2v) is 8.22. The van der Waals surface area contributed by atoms with E-state index < -0.39 is 48.2 Å². The fourth-order valence-corrected chi connectivity index (χ4v) is 3.82. The van der Waals surface area contributed by atoms with Gasteiger partial charge in [0.15, 0.2) is 24.0 Å². The number of benzene rings is 1. The minimum Gasteiger partial charge on any atom is -0.345 e. The molecule has 158 valence electrons. The van der Waals surface area contributed by atoms with Crippen molar-refractivity contribution in [2.24, 2.45) is 0 Å². The summed E-state index contributed by atoms with van der Waals surface area (Å²) in [6.45, 7) is 6.88. The summed E-state index contributed by atoms with van der Waals surface area (Å²) in [5, 5.41) is 5.32. The Morgan fingerprint density at radius 2 is 1.52 bits per heavy atom. The number of carbonyl (C=O) groups is 2. The number of hydrogen-bond acceptors (Lipinski definition) is 7. The molecule has 3 heterocycles. The summed E-state index contributed by atoms with van der Waals surface area (Å²) < 4.78 is 29.4. The van der Waals surface area contributed by atoms with Crippen LogP contribution in [0.4, 0.5) is 5.69 Å². The van der Waals surface area contributed by atoms with Gasteiger partial charge in [-0.25, -0.2) is 0 Å². The van der Waals surface area contributed by atoms with Gasteiger partial charge in [-0.1, -0.05) is 18.2 Å². The molecular weight excluding hydrogens is 380 g/mol. The largest absolute Gasteiger partial charge is 0.345 e. The first kappa shape index (κ1) is 20.2. The van der Waals surface area contributed by atoms with Crippen molar-refractivity contribution in [1.82, 2.24) is 5.32 Å². The van der Waals surface area contributed by atoms with Crippen LogP contribution in [0.5, 0.6) is 0 Å². The van der Waals surface area contributed by atoms with Gasteiger partial charge in [-0.05, 0) is 39.8 Å². The maximum atomic E-state index is 12.8. The van der Waals surface area contributed by atoms with E-state index in [0.29, 0.717) is 5.69 Å². The average Bonchev–Trinajstić information content (AvgIpc) is 3.13. The van der Waals surface area contributed by atoms with Crippen molar-refractivity contribution in [2.45, 2.75) is 70.0 Å². The fraction of sp³-hybridized carbons (Fsp3) is 0.600. The van der Waals surface area contributed by atoms with Crippen LogP contribution < -0.4 is 10.6 Å². The van der Waals surface area contributed by atoms with Gasteiger partial charge < -0.3 is 34.3 Å². The van der Waals surface area contributed by atoms with Gasteiger partial charge in [0.05, 0.1) is 6.54 Å². The second kappa shape index (κ2) is 7.33. The Bertz CT molecular complexity index is 782. The molecule has 0 unspecified atom stereocenters. The number of para-hydroxylation sites is 1. The van der Waals surface area contributed by atoms with E-state index >= 15 is 0 Å². The topological polar surface area (TPSA) is 104 Å². The molecule has 2 amide bonds. The van der Waals surface area contributed by atoms with E-state index in [0.717, 1.165) is 0 Å². The van der Waals surface area contributed by atoms with Gasteiger partial charge >= 0.3 is 0 Å². The van der Waals surface area contributed by atoms with Crippen LogP contribution in [0.25, 0.3) is 0 Å². The lowest BCUT2D eigenvalue weighted by Gasteiger charge is -2.36. The summed E-state index contributed by atoms with van der Waals surface area (Å²) in [7, 11) is 0. The molecule has 0 aromatic heterocycles. The molecule has 0 spiro atoms. The van der Waals surface area contributed by atoms with E-state index in [1.54, 1.807) is 39.8 Å². The lowest BCUT2D eigenvalue weighted by Crippen LogP contribution is -2.59. The van der Waals surface area contributed by atoms with E-state index in [1.807, 2.05) is 18.2 Å². The summed E-state index contributed by atoms with van der Waals surface area (Å²) in [5.41, 5.74) is 0.650. The van der Waals surface area contributed by atoms with Gasteiger partial charge in [0.1, 0.15) is 18.3 Å².